The summed E-state index contributed by atoms with van der Waals surface area (Å²) in [6.45, 7) is 2.90. The Morgan fingerprint density at radius 1 is 0.967 bits per heavy atom. The number of benzene rings is 2. The Morgan fingerprint density at radius 2 is 1.70 bits per heavy atom. The van der Waals surface area contributed by atoms with Gasteiger partial charge in [-0.1, -0.05) is 42.5 Å². The summed E-state index contributed by atoms with van der Waals surface area (Å²) in [5.74, 6) is 1.29. The number of anilines is 1. The fourth-order valence-electron chi connectivity index (χ4n) is 3.09. The predicted molar refractivity (Wildman–Crippen MR) is 117 cm³/mol. The van der Waals surface area contributed by atoms with Crippen LogP contribution in [0, 0.1) is 6.92 Å². The van der Waals surface area contributed by atoms with Crippen LogP contribution in [0.25, 0.3) is 0 Å². The zero-order chi connectivity index (χ0) is 21.3. The fraction of sp³-hybridized carbons (Fsp3) is 0.250. The van der Waals surface area contributed by atoms with Crippen molar-refractivity contribution in [2.75, 3.05) is 25.5 Å². The van der Waals surface area contributed by atoms with Gasteiger partial charge in [-0.05, 0) is 43.2 Å². The minimum Gasteiger partial charge on any atom is -0.464 e. The van der Waals surface area contributed by atoms with Crippen molar-refractivity contribution >= 4 is 17.5 Å². The lowest BCUT2D eigenvalue weighted by molar-refractivity contribution is -0.128. The first kappa shape index (κ1) is 21.2. The van der Waals surface area contributed by atoms with Gasteiger partial charge in [-0.2, -0.15) is 0 Å². The molecule has 2 N–H and O–H groups in total. The number of nitrogens with one attached hydrogen (secondary N) is 2. The van der Waals surface area contributed by atoms with Gasteiger partial charge in [-0.25, -0.2) is 0 Å². The molecule has 0 radical (unpaired) electrons. The number of rotatable bonds is 9. The number of furan rings is 1. The highest BCUT2D eigenvalue weighted by Gasteiger charge is 2.14. The second-order valence-corrected chi connectivity index (χ2v) is 7.15. The third-order valence-corrected chi connectivity index (χ3v) is 4.76. The van der Waals surface area contributed by atoms with Crippen molar-refractivity contribution in [3.63, 3.8) is 0 Å². The van der Waals surface area contributed by atoms with Crippen LogP contribution in [0.5, 0.6) is 0 Å². The number of carbonyl (C=O) groups is 2. The molecular weight excluding hydrogens is 378 g/mol. The number of aryl methyl sites for hydroxylation is 1. The van der Waals surface area contributed by atoms with E-state index in [0.29, 0.717) is 24.3 Å². The average Bonchev–Trinajstić information content (AvgIpc) is 3.17. The Bertz CT molecular complexity index is 982. The third-order valence-electron chi connectivity index (χ3n) is 4.76. The number of amides is 2. The zero-order valence-corrected chi connectivity index (χ0v) is 17.4. The lowest BCUT2D eigenvalue weighted by Gasteiger charge is -2.17. The largest absolute Gasteiger partial charge is 0.464 e. The predicted octanol–water partition coefficient (Wildman–Crippen LogP) is 3.63. The maximum Gasteiger partial charge on any atom is 0.253 e. The maximum atomic E-state index is 12.6. The highest BCUT2D eigenvalue weighted by Crippen LogP contribution is 2.15. The number of hydrogen-bond acceptors (Lipinski definition) is 4. The quantitative estimate of drug-likeness (QED) is 0.570. The van der Waals surface area contributed by atoms with Crippen LogP contribution >= 0.6 is 0 Å². The number of likely N-dealkylation sites (N-methyl/N-ethyl adjacent to an activating group) is 1. The van der Waals surface area contributed by atoms with Crippen LogP contribution in [0.4, 0.5) is 5.69 Å². The first-order valence-electron chi connectivity index (χ1n) is 9.97. The van der Waals surface area contributed by atoms with Crippen LogP contribution in [0.15, 0.2) is 71.1 Å². The van der Waals surface area contributed by atoms with E-state index in [1.807, 2.05) is 61.5 Å². The summed E-state index contributed by atoms with van der Waals surface area (Å²) >= 11 is 0. The summed E-state index contributed by atoms with van der Waals surface area (Å²) in [6.07, 6.45) is 0.762. The molecule has 0 aliphatic carbocycles. The second kappa shape index (κ2) is 10.3. The van der Waals surface area contributed by atoms with E-state index >= 15 is 0 Å². The highest BCUT2D eigenvalue weighted by atomic mass is 16.3. The fourth-order valence-corrected chi connectivity index (χ4v) is 3.09. The molecule has 0 spiro atoms. The molecule has 30 heavy (non-hydrogen) atoms. The Labute approximate surface area is 176 Å². The van der Waals surface area contributed by atoms with Crippen LogP contribution in [0.3, 0.4) is 0 Å². The Kier molecular flexibility index (Phi) is 7.27. The Balaban J connectivity index is 1.52. The molecule has 0 unspecified atom stereocenters. The summed E-state index contributed by atoms with van der Waals surface area (Å²) < 4.78 is 5.52. The zero-order valence-electron chi connectivity index (χ0n) is 17.4. The molecule has 0 bridgehead atoms. The molecule has 0 aliphatic rings. The van der Waals surface area contributed by atoms with E-state index in [9.17, 15) is 9.59 Å². The standard InChI is InChI=1S/C24H27N3O3/c1-18-12-13-20(30-18)17-27(2)23(28)16-26-22-11-7-6-10-21(22)24(29)25-15-14-19-8-4-3-5-9-19/h3-13,26H,14-17H2,1-2H3,(H,25,29). The second-order valence-electron chi connectivity index (χ2n) is 7.15. The highest BCUT2D eigenvalue weighted by molar-refractivity contribution is 6.00. The van der Waals surface area contributed by atoms with Crippen LogP contribution in [0.2, 0.25) is 0 Å². The summed E-state index contributed by atoms with van der Waals surface area (Å²) in [6, 6.07) is 20.9. The lowest BCUT2D eigenvalue weighted by atomic mass is 10.1. The van der Waals surface area contributed by atoms with Crippen molar-refractivity contribution < 1.29 is 14.0 Å². The van der Waals surface area contributed by atoms with Gasteiger partial charge in [0.05, 0.1) is 18.7 Å². The lowest BCUT2D eigenvalue weighted by Crippen LogP contribution is -2.32. The van der Waals surface area contributed by atoms with Gasteiger partial charge in [0.1, 0.15) is 11.5 Å². The number of nitrogens with zero attached hydrogens (tertiary/aromatic N) is 1. The molecule has 1 heterocycles. The first-order valence-corrected chi connectivity index (χ1v) is 9.97. The molecule has 0 atom stereocenters. The molecule has 6 nitrogen and oxygen atoms in total. The van der Waals surface area contributed by atoms with E-state index in [1.165, 1.54) is 5.56 Å². The molecule has 156 valence electrons. The van der Waals surface area contributed by atoms with Gasteiger partial charge in [-0.3, -0.25) is 9.59 Å². The SMILES string of the molecule is Cc1ccc(CN(C)C(=O)CNc2ccccc2C(=O)NCCc2ccccc2)o1. The summed E-state index contributed by atoms with van der Waals surface area (Å²) in [4.78, 5) is 26.7. The number of hydrogen-bond donors (Lipinski definition) is 2. The molecule has 0 aliphatic heterocycles. The molecular formula is C24H27N3O3. The van der Waals surface area contributed by atoms with E-state index in [0.717, 1.165) is 17.9 Å². The van der Waals surface area contributed by atoms with Crippen LogP contribution in [0.1, 0.15) is 27.4 Å². The molecule has 3 rings (SSSR count). The van der Waals surface area contributed by atoms with Gasteiger partial charge in [0, 0.05) is 19.3 Å². The van der Waals surface area contributed by atoms with Crippen molar-refractivity contribution in [1.29, 1.82) is 0 Å². The van der Waals surface area contributed by atoms with E-state index in [4.69, 9.17) is 4.42 Å². The molecule has 0 saturated heterocycles. The van der Waals surface area contributed by atoms with Gasteiger partial charge < -0.3 is 20.0 Å². The maximum absolute atomic E-state index is 12.6. The number of para-hydroxylation sites is 1. The molecule has 1 aromatic heterocycles. The van der Waals surface area contributed by atoms with Gasteiger partial charge in [0.2, 0.25) is 5.91 Å². The monoisotopic (exact) mass is 405 g/mol. The summed E-state index contributed by atoms with van der Waals surface area (Å²) in [5.41, 5.74) is 2.32. The molecule has 2 amide bonds. The van der Waals surface area contributed by atoms with E-state index in [2.05, 4.69) is 10.6 Å². The van der Waals surface area contributed by atoms with Crippen LogP contribution in [-0.4, -0.2) is 36.9 Å². The average molecular weight is 405 g/mol. The smallest absolute Gasteiger partial charge is 0.253 e. The van der Waals surface area contributed by atoms with Crippen molar-refractivity contribution in [2.45, 2.75) is 19.9 Å². The van der Waals surface area contributed by atoms with Crippen molar-refractivity contribution in [2.24, 2.45) is 0 Å². The van der Waals surface area contributed by atoms with Gasteiger partial charge in [-0.15, -0.1) is 0 Å². The number of carbonyl (C=O) groups excluding carboxylic acids is 2. The summed E-state index contributed by atoms with van der Waals surface area (Å²) in [7, 11) is 1.73. The minimum atomic E-state index is -0.166. The van der Waals surface area contributed by atoms with Crippen molar-refractivity contribution in [3.8, 4) is 0 Å². The van der Waals surface area contributed by atoms with Gasteiger partial charge in [0.15, 0.2) is 0 Å². The normalized spacial score (nSPS) is 10.5. The molecule has 0 fully saturated rings. The van der Waals surface area contributed by atoms with Crippen molar-refractivity contribution in [3.05, 3.63) is 89.4 Å². The Hall–Kier alpha value is -3.54. The molecule has 2 aromatic carbocycles. The third kappa shape index (κ3) is 5.98. The first-order chi connectivity index (χ1) is 14.5. The molecule has 0 saturated carbocycles. The minimum absolute atomic E-state index is 0.0878. The topological polar surface area (TPSA) is 74.6 Å². The van der Waals surface area contributed by atoms with E-state index < -0.39 is 0 Å². The molecule has 6 heteroatoms. The van der Waals surface area contributed by atoms with Gasteiger partial charge >= 0.3 is 0 Å². The summed E-state index contributed by atoms with van der Waals surface area (Å²) in [5, 5.41) is 6.04. The van der Waals surface area contributed by atoms with Crippen LogP contribution in [-0.2, 0) is 17.8 Å². The molecule has 3 aromatic rings. The van der Waals surface area contributed by atoms with E-state index in [-0.39, 0.29) is 18.4 Å². The van der Waals surface area contributed by atoms with Gasteiger partial charge in [0.25, 0.3) is 5.91 Å². The van der Waals surface area contributed by atoms with Crippen molar-refractivity contribution in [1.82, 2.24) is 10.2 Å². The van der Waals surface area contributed by atoms with Crippen LogP contribution < -0.4 is 10.6 Å². The van der Waals surface area contributed by atoms with E-state index in [1.54, 1.807) is 24.1 Å². The Morgan fingerprint density at radius 3 is 2.43 bits per heavy atom.